The smallest absolute Gasteiger partial charge is 0.231 e. The molecule has 3 nitrogen and oxygen atoms in total. The van der Waals surface area contributed by atoms with Crippen molar-refractivity contribution in [1.82, 2.24) is 4.90 Å². The van der Waals surface area contributed by atoms with E-state index in [4.69, 9.17) is 9.47 Å². The van der Waals surface area contributed by atoms with Gasteiger partial charge in [-0.2, -0.15) is 0 Å². The van der Waals surface area contributed by atoms with Gasteiger partial charge in [0.15, 0.2) is 11.5 Å². The predicted molar refractivity (Wildman–Crippen MR) is 79.5 cm³/mol. The largest absolute Gasteiger partial charge is 0.454 e. The second kappa shape index (κ2) is 3.80. The van der Waals surface area contributed by atoms with E-state index >= 15 is 0 Å². The second-order valence-corrected chi connectivity index (χ2v) is 7.84. The fourth-order valence-corrected chi connectivity index (χ4v) is 5.29. The van der Waals surface area contributed by atoms with Crippen LogP contribution < -0.4 is 9.47 Å². The summed E-state index contributed by atoms with van der Waals surface area (Å²) in [7, 11) is 0. The number of hydrogen-bond acceptors (Lipinski definition) is 3. The van der Waals surface area contributed by atoms with Crippen LogP contribution in [0.4, 0.5) is 0 Å². The molecule has 0 spiro atoms. The van der Waals surface area contributed by atoms with Gasteiger partial charge in [-0.15, -0.1) is 0 Å². The Kier molecular flexibility index (Phi) is 2.21. The zero-order valence-electron chi connectivity index (χ0n) is 11.1. The third-order valence-electron chi connectivity index (χ3n) is 5.25. The Balaban J connectivity index is 1.69. The number of fused-ring (bicyclic) bond motifs is 3. The van der Waals surface area contributed by atoms with Gasteiger partial charge in [-0.1, -0.05) is 28.1 Å². The summed E-state index contributed by atoms with van der Waals surface area (Å²) in [4.78, 5) is 2.63. The second-order valence-electron chi connectivity index (χ2n) is 6.26. The van der Waals surface area contributed by atoms with Crippen molar-refractivity contribution in [3.63, 3.8) is 0 Å². The normalized spacial score (nSPS) is 36.9. The van der Waals surface area contributed by atoms with E-state index in [1.807, 2.05) is 0 Å². The lowest BCUT2D eigenvalue weighted by atomic mass is 9.75. The topological polar surface area (TPSA) is 21.7 Å². The van der Waals surface area contributed by atoms with Gasteiger partial charge in [0.05, 0.1) is 0 Å². The third-order valence-corrected chi connectivity index (χ3v) is 6.44. The molecule has 1 aromatic carbocycles. The van der Waals surface area contributed by atoms with E-state index in [2.05, 4.69) is 45.1 Å². The lowest BCUT2D eigenvalue weighted by molar-refractivity contribution is 0.174. The molecule has 104 valence electrons. The van der Waals surface area contributed by atoms with Crippen LogP contribution in [0.1, 0.15) is 29.9 Å². The van der Waals surface area contributed by atoms with Crippen molar-refractivity contribution >= 4 is 15.9 Å². The molecular weight excluding hydrogens is 318 g/mol. The van der Waals surface area contributed by atoms with Gasteiger partial charge in [0.1, 0.15) is 0 Å². The van der Waals surface area contributed by atoms with Gasteiger partial charge in [-0.25, -0.2) is 0 Å². The molecule has 3 atom stereocenters. The molecule has 0 saturated carbocycles. The Hall–Kier alpha value is -1.00. The maximum atomic E-state index is 5.57. The zero-order chi connectivity index (χ0) is 13.3. The summed E-state index contributed by atoms with van der Waals surface area (Å²) in [6.07, 6.45) is 7.12. The molecule has 1 saturated heterocycles. The van der Waals surface area contributed by atoms with E-state index in [0.717, 1.165) is 24.5 Å². The lowest BCUT2D eigenvalue weighted by Gasteiger charge is -2.45. The fraction of sp³-hybridized carbons (Fsp3) is 0.500. The van der Waals surface area contributed by atoms with Crippen molar-refractivity contribution in [2.24, 2.45) is 0 Å². The van der Waals surface area contributed by atoms with Crippen molar-refractivity contribution in [1.29, 1.82) is 0 Å². The Bertz CT molecular complexity index is 629. The maximum Gasteiger partial charge on any atom is 0.231 e. The monoisotopic (exact) mass is 333 g/mol. The fourth-order valence-electron chi connectivity index (χ4n) is 4.35. The van der Waals surface area contributed by atoms with Crippen LogP contribution in [0, 0.1) is 0 Å². The lowest BCUT2D eigenvalue weighted by Crippen LogP contribution is -2.48. The van der Waals surface area contributed by atoms with Gasteiger partial charge in [0, 0.05) is 29.4 Å². The molecule has 0 radical (unpaired) electrons. The number of hydrogen-bond donors (Lipinski definition) is 0. The number of nitrogens with zero attached hydrogens (tertiary/aromatic N) is 1. The first kappa shape index (κ1) is 11.6. The Morgan fingerprint density at radius 2 is 2.10 bits per heavy atom. The first-order valence-corrected chi connectivity index (χ1v) is 8.06. The SMILES string of the molecule is Br[C@]12CC=C[C@@H]3c4cc5c(cc4CN(CC1)[C@@H]32)OCO5. The van der Waals surface area contributed by atoms with Crippen LogP contribution in [-0.4, -0.2) is 28.6 Å². The van der Waals surface area contributed by atoms with Gasteiger partial charge in [0.2, 0.25) is 6.79 Å². The minimum absolute atomic E-state index is 0.264. The summed E-state index contributed by atoms with van der Waals surface area (Å²) >= 11 is 4.04. The minimum atomic E-state index is 0.264. The molecular formula is C16H16BrNO2. The molecule has 0 unspecified atom stereocenters. The van der Waals surface area contributed by atoms with Crippen LogP contribution in [0.15, 0.2) is 24.3 Å². The molecule has 3 heterocycles. The van der Waals surface area contributed by atoms with E-state index in [-0.39, 0.29) is 4.32 Å². The number of halogens is 1. The quantitative estimate of drug-likeness (QED) is 0.537. The minimum Gasteiger partial charge on any atom is -0.454 e. The van der Waals surface area contributed by atoms with Crippen molar-refractivity contribution < 1.29 is 9.47 Å². The summed E-state index contributed by atoms with van der Waals surface area (Å²) in [6, 6.07) is 4.98. The summed E-state index contributed by atoms with van der Waals surface area (Å²) < 4.78 is 11.4. The molecule has 1 fully saturated rings. The number of rotatable bonds is 0. The molecule has 3 aliphatic heterocycles. The Labute approximate surface area is 126 Å². The van der Waals surface area contributed by atoms with Crippen molar-refractivity contribution in [3.05, 3.63) is 35.4 Å². The standard InChI is InChI=1S/C16H16BrNO2/c17-16-3-1-2-11-12-7-14-13(19-9-20-14)6-10(12)8-18(5-4-16)15(11)16/h1-2,6-7,11,15H,3-5,8-9H2/t11-,15+,16-/m1/s1. The summed E-state index contributed by atoms with van der Waals surface area (Å²) in [5.74, 6) is 2.30. The predicted octanol–water partition coefficient (Wildman–Crippen LogP) is 3.18. The highest BCUT2D eigenvalue weighted by molar-refractivity contribution is 9.10. The van der Waals surface area contributed by atoms with Gasteiger partial charge >= 0.3 is 0 Å². The van der Waals surface area contributed by atoms with Gasteiger partial charge in [-0.3, -0.25) is 4.90 Å². The average Bonchev–Trinajstić information content (AvgIpc) is 3.02. The van der Waals surface area contributed by atoms with Gasteiger partial charge in [-0.05, 0) is 36.1 Å². The summed E-state index contributed by atoms with van der Waals surface area (Å²) in [6.45, 7) is 2.57. The van der Waals surface area contributed by atoms with Gasteiger partial charge in [0.25, 0.3) is 0 Å². The number of alkyl halides is 1. The van der Waals surface area contributed by atoms with Crippen LogP contribution in [0.5, 0.6) is 11.5 Å². The van der Waals surface area contributed by atoms with Crippen molar-refractivity contribution in [2.75, 3.05) is 13.3 Å². The highest BCUT2D eigenvalue weighted by Gasteiger charge is 2.52. The van der Waals surface area contributed by atoms with Crippen LogP contribution in [0.2, 0.25) is 0 Å². The highest BCUT2D eigenvalue weighted by atomic mass is 79.9. The number of allylic oxidation sites excluding steroid dienone is 1. The third kappa shape index (κ3) is 1.39. The molecule has 20 heavy (non-hydrogen) atoms. The molecule has 0 amide bonds. The first-order valence-electron chi connectivity index (χ1n) is 7.27. The zero-order valence-corrected chi connectivity index (χ0v) is 12.7. The summed E-state index contributed by atoms with van der Waals surface area (Å²) in [5, 5.41) is 0. The van der Waals surface area contributed by atoms with E-state index < -0.39 is 0 Å². The summed E-state index contributed by atoms with van der Waals surface area (Å²) in [5.41, 5.74) is 2.83. The van der Waals surface area contributed by atoms with E-state index in [1.54, 1.807) is 0 Å². The number of benzene rings is 1. The van der Waals surface area contributed by atoms with Gasteiger partial charge < -0.3 is 9.47 Å². The van der Waals surface area contributed by atoms with E-state index in [9.17, 15) is 0 Å². The Morgan fingerprint density at radius 1 is 1.25 bits per heavy atom. The molecule has 0 N–H and O–H groups in total. The molecule has 0 bridgehead atoms. The first-order chi connectivity index (χ1) is 9.74. The van der Waals surface area contributed by atoms with Crippen LogP contribution in [0.3, 0.4) is 0 Å². The highest BCUT2D eigenvalue weighted by Crippen LogP contribution is 2.53. The van der Waals surface area contributed by atoms with Crippen molar-refractivity contribution in [3.8, 4) is 11.5 Å². The Morgan fingerprint density at radius 3 is 3.00 bits per heavy atom. The van der Waals surface area contributed by atoms with E-state index in [0.29, 0.717) is 18.8 Å². The molecule has 4 aliphatic rings. The van der Waals surface area contributed by atoms with Crippen LogP contribution in [0.25, 0.3) is 0 Å². The van der Waals surface area contributed by atoms with E-state index in [1.165, 1.54) is 24.1 Å². The van der Waals surface area contributed by atoms with Crippen LogP contribution >= 0.6 is 15.9 Å². The number of ether oxygens (including phenoxy) is 2. The van der Waals surface area contributed by atoms with Crippen LogP contribution in [-0.2, 0) is 6.54 Å². The molecule has 0 aromatic heterocycles. The molecule has 5 rings (SSSR count). The molecule has 1 aliphatic carbocycles. The average molecular weight is 334 g/mol. The van der Waals surface area contributed by atoms with Crippen molar-refractivity contribution in [2.45, 2.75) is 35.7 Å². The molecule has 4 heteroatoms. The maximum absolute atomic E-state index is 5.57. The molecule has 1 aromatic rings.